The van der Waals surface area contributed by atoms with E-state index in [-0.39, 0.29) is 5.91 Å². The summed E-state index contributed by atoms with van der Waals surface area (Å²) in [6.45, 7) is 0. The summed E-state index contributed by atoms with van der Waals surface area (Å²) < 4.78 is 0. The molecule has 1 amide bonds. The zero-order valence-corrected chi connectivity index (χ0v) is 6.37. The van der Waals surface area contributed by atoms with Crippen LogP contribution in [0.2, 0.25) is 0 Å². The molecule has 0 aliphatic rings. The van der Waals surface area contributed by atoms with E-state index in [2.05, 4.69) is 5.92 Å². The van der Waals surface area contributed by atoms with E-state index in [4.69, 9.17) is 12.3 Å². The van der Waals surface area contributed by atoms with Crippen molar-refractivity contribution >= 4 is 5.91 Å². The van der Waals surface area contributed by atoms with Gasteiger partial charge in [-0.05, 0) is 24.3 Å². The Morgan fingerprint density at radius 1 is 1.42 bits per heavy atom. The van der Waals surface area contributed by atoms with Gasteiger partial charge in [0.15, 0.2) is 0 Å². The van der Waals surface area contributed by atoms with E-state index < -0.39 is 0 Å². The first-order valence-corrected chi connectivity index (χ1v) is 3.35. The van der Waals surface area contributed by atoms with Crippen molar-refractivity contribution in [3.05, 3.63) is 35.4 Å². The second kappa shape index (κ2) is 3.56. The van der Waals surface area contributed by atoms with E-state index in [1.54, 1.807) is 24.3 Å². The van der Waals surface area contributed by atoms with Gasteiger partial charge in [0.05, 0.1) is 0 Å². The highest BCUT2D eigenvalue weighted by atomic mass is 16.2. The lowest BCUT2D eigenvalue weighted by Gasteiger charge is -1.98. The largest absolute Gasteiger partial charge is 0.290 e. The highest BCUT2D eigenvalue weighted by Crippen LogP contribution is 2.02. The van der Waals surface area contributed by atoms with Crippen LogP contribution in [0.25, 0.3) is 0 Å². The topological polar surface area (TPSA) is 55.1 Å². The summed E-state index contributed by atoms with van der Waals surface area (Å²) in [6, 6.07) is 6.62. The summed E-state index contributed by atoms with van der Waals surface area (Å²) in [5, 5.41) is 0. The van der Waals surface area contributed by atoms with Crippen molar-refractivity contribution in [2.24, 2.45) is 5.84 Å². The Morgan fingerprint density at radius 3 is 2.42 bits per heavy atom. The second-order valence-corrected chi connectivity index (χ2v) is 2.20. The van der Waals surface area contributed by atoms with Crippen molar-refractivity contribution in [1.29, 1.82) is 0 Å². The minimum Gasteiger partial charge on any atom is -0.290 e. The van der Waals surface area contributed by atoms with Crippen molar-refractivity contribution in [3.63, 3.8) is 0 Å². The number of nitrogens with two attached hydrogens (primary N) is 1. The molecule has 1 aromatic rings. The Morgan fingerprint density at radius 2 is 2.00 bits per heavy atom. The van der Waals surface area contributed by atoms with Gasteiger partial charge in [-0.15, -0.1) is 6.42 Å². The molecule has 3 nitrogen and oxygen atoms in total. The van der Waals surface area contributed by atoms with Crippen LogP contribution in [0.3, 0.4) is 0 Å². The highest BCUT2D eigenvalue weighted by molar-refractivity contribution is 5.93. The van der Waals surface area contributed by atoms with E-state index in [0.717, 1.165) is 5.56 Å². The fourth-order valence-corrected chi connectivity index (χ4v) is 0.801. The Kier molecular flexibility index (Phi) is 2.46. The Bertz CT molecular complexity index is 321. The molecule has 0 fully saturated rings. The summed E-state index contributed by atoms with van der Waals surface area (Å²) >= 11 is 0. The molecule has 0 saturated carbocycles. The maximum atomic E-state index is 10.9. The molecular formula is C9H8N2O. The van der Waals surface area contributed by atoms with Crippen LogP contribution < -0.4 is 11.3 Å². The standard InChI is InChI=1S/C9H8N2O/c1-2-7-3-5-8(6-4-7)9(12)11-10/h1,3-6H,10H2,(H,11,12). The fourth-order valence-electron chi connectivity index (χ4n) is 0.801. The maximum Gasteiger partial charge on any atom is 0.265 e. The van der Waals surface area contributed by atoms with Crippen LogP contribution in [0.1, 0.15) is 15.9 Å². The average molecular weight is 160 g/mol. The van der Waals surface area contributed by atoms with E-state index in [9.17, 15) is 4.79 Å². The summed E-state index contributed by atoms with van der Waals surface area (Å²) in [5.74, 6) is 7.06. The van der Waals surface area contributed by atoms with Crippen molar-refractivity contribution in [1.82, 2.24) is 5.43 Å². The summed E-state index contributed by atoms with van der Waals surface area (Å²) in [5.41, 5.74) is 3.26. The number of rotatable bonds is 1. The van der Waals surface area contributed by atoms with Gasteiger partial charge in [-0.3, -0.25) is 10.2 Å². The quantitative estimate of drug-likeness (QED) is 0.268. The number of hydrazine groups is 1. The van der Waals surface area contributed by atoms with E-state index in [1.165, 1.54) is 0 Å². The smallest absolute Gasteiger partial charge is 0.265 e. The normalized spacial score (nSPS) is 8.67. The van der Waals surface area contributed by atoms with Crippen molar-refractivity contribution in [2.75, 3.05) is 0 Å². The number of hydrogen-bond acceptors (Lipinski definition) is 2. The summed E-state index contributed by atoms with van der Waals surface area (Å²) in [4.78, 5) is 10.9. The molecule has 0 bridgehead atoms. The minimum atomic E-state index is -0.321. The molecule has 0 aromatic heterocycles. The number of nitrogen functional groups attached to an aromatic ring is 1. The van der Waals surface area contributed by atoms with E-state index in [0.29, 0.717) is 5.56 Å². The molecule has 0 atom stereocenters. The molecule has 60 valence electrons. The summed E-state index contributed by atoms with van der Waals surface area (Å²) in [6.07, 6.45) is 5.13. The van der Waals surface area contributed by atoms with Crippen LogP contribution in [0.4, 0.5) is 0 Å². The highest BCUT2D eigenvalue weighted by Gasteiger charge is 2.00. The van der Waals surface area contributed by atoms with Crippen LogP contribution in [0, 0.1) is 12.3 Å². The Labute approximate surface area is 70.5 Å². The van der Waals surface area contributed by atoms with Crippen LogP contribution in [0.15, 0.2) is 24.3 Å². The molecular weight excluding hydrogens is 152 g/mol. The van der Waals surface area contributed by atoms with Gasteiger partial charge in [-0.25, -0.2) is 5.84 Å². The van der Waals surface area contributed by atoms with Gasteiger partial charge < -0.3 is 0 Å². The molecule has 0 spiro atoms. The molecule has 3 heteroatoms. The number of terminal acetylenes is 1. The third kappa shape index (κ3) is 1.62. The molecule has 0 saturated heterocycles. The second-order valence-electron chi connectivity index (χ2n) is 2.20. The molecule has 12 heavy (non-hydrogen) atoms. The van der Waals surface area contributed by atoms with Crippen molar-refractivity contribution in [3.8, 4) is 12.3 Å². The Hall–Kier alpha value is -1.79. The number of benzene rings is 1. The molecule has 0 heterocycles. The van der Waals surface area contributed by atoms with E-state index >= 15 is 0 Å². The molecule has 0 aliphatic heterocycles. The van der Waals surface area contributed by atoms with Crippen LogP contribution in [-0.2, 0) is 0 Å². The molecule has 0 aliphatic carbocycles. The first-order valence-electron chi connectivity index (χ1n) is 3.35. The first kappa shape index (κ1) is 8.31. The SMILES string of the molecule is C#Cc1ccc(C(=O)NN)cc1. The number of nitrogens with one attached hydrogen (secondary N) is 1. The third-order valence-electron chi connectivity index (χ3n) is 1.44. The van der Waals surface area contributed by atoms with Gasteiger partial charge in [-0.1, -0.05) is 5.92 Å². The van der Waals surface area contributed by atoms with Crippen LogP contribution >= 0.6 is 0 Å². The number of carbonyl (C=O) groups is 1. The zero-order chi connectivity index (χ0) is 8.97. The van der Waals surface area contributed by atoms with Crippen LogP contribution in [-0.4, -0.2) is 5.91 Å². The Balaban J connectivity index is 2.94. The minimum absolute atomic E-state index is 0.321. The number of amides is 1. The molecule has 0 unspecified atom stereocenters. The van der Waals surface area contributed by atoms with Gasteiger partial charge in [-0.2, -0.15) is 0 Å². The van der Waals surface area contributed by atoms with Crippen molar-refractivity contribution < 1.29 is 4.79 Å². The first-order chi connectivity index (χ1) is 5.77. The van der Waals surface area contributed by atoms with E-state index in [1.807, 2.05) is 5.43 Å². The van der Waals surface area contributed by atoms with Gasteiger partial charge in [0, 0.05) is 11.1 Å². The third-order valence-corrected chi connectivity index (χ3v) is 1.44. The van der Waals surface area contributed by atoms with Crippen molar-refractivity contribution in [2.45, 2.75) is 0 Å². The molecule has 1 aromatic carbocycles. The predicted molar refractivity (Wildman–Crippen MR) is 46.0 cm³/mol. The van der Waals surface area contributed by atoms with Gasteiger partial charge in [0.25, 0.3) is 5.91 Å². The summed E-state index contributed by atoms with van der Waals surface area (Å²) in [7, 11) is 0. The number of hydrogen-bond donors (Lipinski definition) is 2. The maximum absolute atomic E-state index is 10.9. The fraction of sp³-hybridized carbons (Fsp3) is 0. The van der Waals surface area contributed by atoms with Gasteiger partial charge >= 0.3 is 0 Å². The lowest BCUT2D eigenvalue weighted by molar-refractivity contribution is 0.0953. The molecule has 0 radical (unpaired) electrons. The van der Waals surface area contributed by atoms with Gasteiger partial charge in [0.2, 0.25) is 0 Å². The molecule has 3 N–H and O–H groups in total. The average Bonchev–Trinajstić information content (AvgIpc) is 2.17. The number of carbonyl (C=O) groups excluding carboxylic acids is 1. The zero-order valence-electron chi connectivity index (χ0n) is 6.37. The monoisotopic (exact) mass is 160 g/mol. The van der Waals surface area contributed by atoms with Gasteiger partial charge in [0.1, 0.15) is 0 Å². The predicted octanol–water partition coefficient (Wildman–Crippen LogP) is 0.271. The molecule has 1 rings (SSSR count). The lowest BCUT2D eigenvalue weighted by Crippen LogP contribution is -2.29. The lowest BCUT2D eigenvalue weighted by atomic mass is 10.1. The van der Waals surface area contributed by atoms with Crippen LogP contribution in [0.5, 0.6) is 0 Å².